The molecule has 0 fully saturated rings. The van der Waals surface area contributed by atoms with Crippen molar-refractivity contribution in [3.63, 3.8) is 0 Å². The largest absolute Gasteiger partial charge is 0.493 e. The second kappa shape index (κ2) is 5.73. The van der Waals surface area contributed by atoms with Crippen molar-refractivity contribution in [1.82, 2.24) is 5.32 Å². The molecule has 1 heterocycles. The Morgan fingerprint density at radius 2 is 2.47 bits per heavy atom. The van der Waals surface area contributed by atoms with Gasteiger partial charge in [-0.1, -0.05) is 6.08 Å². The van der Waals surface area contributed by atoms with Gasteiger partial charge in [-0.25, -0.2) is 0 Å². The highest BCUT2D eigenvalue weighted by molar-refractivity contribution is 5.44. The monoisotopic (exact) mass is 233 g/mol. The third-order valence-electron chi connectivity index (χ3n) is 2.94. The number of nitrogens with one attached hydrogen (secondary N) is 1. The van der Waals surface area contributed by atoms with Gasteiger partial charge in [0.15, 0.2) is 0 Å². The van der Waals surface area contributed by atoms with Gasteiger partial charge in [0.05, 0.1) is 12.6 Å². The Kier molecular flexibility index (Phi) is 4.04. The van der Waals surface area contributed by atoms with Gasteiger partial charge in [0.2, 0.25) is 0 Å². The maximum Gasteiger partial charge on any atom is 0.127 e. The summed E-state index contributed by atoms with van der Waals surface area (Å²) in [7, 11) is 1.95. The highest BCUT2D eigenvalue weighted by atomic mass is 16.5. The molecule has 3 heteroatoms. The quantitative estimate of drug-likeness (QED) is 0.605. The van der Waals surface area contributed by atoms with E-state index in [1.54, 1.807) is 0 Å². The minimum atomic E-state index is 0.305. The van der Waals surface area contributed by atoms with E-state index in [4.69, 9.17) is 9.47 Å². The Morgan fingerprint density at radius 1 is 1.59 bits per heavy atom. The standard InChI is InChI=1S/C14H19NO2/c1-3-4-5-8-16-11-6-7-12-13(15-2)10-17-14(12)9-11/h3,6-7,9,13,15H,1,4-5,8,10H2,2H3. The molecule has 0 aliphatic carbocycles. The molecule has 0 bridgehead atoms. The Hall–Kier alpha value is -1.48. The first kappa shape index (κ1) is 12.0. The van der Waals surface area contributed by atoms with E-state index < -0.39 is 0 Å². The predicted octanol–water partition coefficient (Wildman–Crippen LogP) is 2.68. The van der Waals surface area contributed by atoms with Gasteiger partial charge in [0.1, 0.15) is 18.1 Å². The summed E-state index contributed by atoms with van der Waals surface area (Å²) in [4.78, 5) is 0. The molecule has 17 heavy (non-hydrogen) atoms. The van der Waals surface area contributed by atoms with Crippen molar-refractivity contribution in [2.75, 3.05) is 20.3 Å². The summed E-state index contributed by atoms with van der Waals surface area (Å²) in [6, 6.07) is 6.36. The molecule has 0 radical (unpaired) electrons. The zero-order chi connectivity index (χ0) is 12.1. The first-order valence-corrected chi connectivity index (χ1v) is 6.03. The van der Waals surface area contributed by atoms with Crippen LogP contribution >= 0.6 is 0 Å². The number of ether oxygens (including phenoxy) is 2. The summed E-state index contributed by atoms with van der Waals surface area (Å²) < 4.78 is 11.3. The number of benzene rings is 1. The van der Waals surface area contributed by atoms with Crippen LogP contribution in [0.4, 0.5) is 0 Å². The fourth-order valence-corrected chi connectivity index (χ4v) is 1.94. The first-order valence-electron chi connectivity index (χ1n) is 6.03. The van der Waals surface area contributed by atoms with E-state index in [2.05, 4.69) is 18.0 Å². The van der Waals surface area contributed by atoms with Gasteiger partial charge < -0.3 is 14.8 Å². The Balaban J connectivity index is 1.95. The van der Waals surface area contributed by atoms with Crippen LogP contribution in [0, 0.1) is 0 Å². The molecule has 0 amide bonds. The molecule has 1 aliphatic rings. The molecule has 92 valence electrons. The molecule has 0 saturated heterocycles. The summed E-state index contributed by atoms with van der Waals surface area (Å²) in [6.07, 6.45) is 3.90. The number of rotatable bonds is 6. The van der Waals surface area contributed by atoms with Crippen LogP contribution in [0.15, 0.2) is 30.9 Å². The summed E-state index contributed by atoms with van der Waals surface area (Å²) in [5.74, 6) is 1.81. The summed E-state index contributed by atoms with van der Waals surface area (Å²) in [5.41, 5.74) is 1.21. The Labute approximate surface area is 102 Å². The third-order valence-corrected chi connectivity index (χ3v) is 2.94. The molecule has 1 N–H and O–H groups in total. The van der Waals surface area contributed by atoms with E-state index in [-0.39, 0.29) is 0 Å². The lowest BCUT2D eigenvalue weighted by atomic mass is 10.1. The summed E-state index contributed by atoms with van der Waals surface area (Å²) in [5, 5.41) is 3.22. The van der Waals surface area contributed by atoms with Gasteiger partial charge in [-0.15, -0.1) is 6.58 Å². The average Bonchev–Trinajstić information content (AvgIpc) is 2.77. The fraction of sp³-hybridized carbons (Fsp3) is 0.429. The molecular weight excluding hydrogens is 214 g/mol. The molecule has 1 aromatic carbocycles. The Bertz CT molecular complexity index is 390. The van der Waals surface area contributed by atoms with Gasteiger partial charge in [0, 0.05) is 11.6 Å². The van der Waals surface area contributed by atoms with E-state index in [1.165, 1.54) is 5.56 Å². The molecule has 1 atom stereocenters. The molecule has 1 aromatic rings. The fourth-order valence-electron chi connectivity index (χ4n) is 1.94. The van der Waals surface area contributed by atoms with Gasteiger partial charge in [-0.3, -0.25) is 0 Å². The van der Waals surface area contributed by atoms with E-state index in [1.807, 2.05) is 25.3 Å². The van der Waals surface area contributed by atoms with Crippen LogP contribution in [-0.2, 0) is 0 Å². The van der Waals surface area contributed by atoms with E-state index in [0.29, 0.717) is 12.6 Å². The lowest BCUT2D eigenvalue weighted by Gasteiger charge is -2.08. The topological polar surface area (TPSA) is 30.5 Å². The lowest BCUT2D eigenvalue weighted by molar-refractivity contribution is 0.303. The number of allylic oxidation sites excluding steroid dienone is 1. The maximum absolute atomic E-state index is 5.65. The summed E-state index contributed by atoms with van der Waals surface area (Å²) in [6.45, 7) is 5.11. The van der Waals surface area contributed by atoms with Crippen molar-refractivity contribution >= 4 is 0 Å². The molecule has 1 aliphatic heterocycles. The third kappa shape index (κ3) is 2.80. The molecule has 0 spiro atoms. The van der Waals surface area contributed by atoms with Crippen molar-refractivity contribution in [3.8, 4) is 11.5 Å². The van der Waals surface area contributed by atoms with Crippen LogP contribution in [0.25, 0.3) is 0 Å². The van der Waals surface area contributed by atoms with E-state index in [9.17, 15) is 0 Å². The highest BCUT2D eigenvalue weighted by Crippen LogP contribution is 2.34. The van der Waals surface area contributed by atoms with Crippen molar-refractivity contribution in [3.05, 3.63) is 36.4 Å². The highest BCUT2D eigenvalue weighted by Gasteiger charge is 2.22. The van der Waals surface area contributed by atoms with Crippen LogP contribution in [0.3, 0.4) is 0 Å². The smallest absolute Gasteiger partial charge is 0.127 e. The lowest BCUT2D eigenvalue weighted by Crippen LogP contribution is -2.17. The van der Waals surface area contributed by atoms with Gasteiger partial charge in [-0.2, -0.15) is 0 Å². The Morgan fingerprint density at radius 3 is 3.24 bits per heavy atom. The SMILES string of the molecule is C=CCCCOc1ccc2c(c1)OCC2NC. The van der Waals surface area contributed by atoms with Crippen molar-refractivity contribution in [1.29, 1.82) is 0 Å². The molecule has 3 nitrogen and oxygen atoms in total. The van der Waals surface area contributed by atoms with Gasteiger partial charge in [0.25, 0.3) is 0 Å². The second-order valence-corrected chi connectivity index (χ2v) is 4.13. The molecular formula is C14H19NO2. The zero-order valence-corrected chi connectivity index (χ0v) is 10.2. The maximum atomic E-state index is 5.65. The molecule has 2 rings (SSSR count). The van der Waals surface area contributed by atoms with Gasteiger partial charge >= 0.3 is 0 Å². The number of likely N-dealkylation sites (N-methyl/N-ethyl adjacent to an activating group) is 1. The molecule has 1 unspecified atom stereocenters. The zero-order valence-electron chi connectivity index (χ0n) is 10.2. The van der Waals surface area contributed by atoms with Crippen molar-refractivity contribution in [2.24, 2.45) is 0 Å². The van der Waals surface area contributed by atoms with E-state index in [0.717, 1.165) is 30.9 Å². The number of hydrogen-bond acceptors (Lipinski definition) is 3. The predicted molar refractivity (Wildman–Crippen MR) is 68.7 cm³/mol. The van der Waals surface area contributed by atoms with Crippen LogP contribution in [0.1, 0.15) is 24.4 Å². The number of fused-ring (bicyclic) bond motifs is 1. The molecule has 0 aromatic heterocycles. The van der Waals surface area contributed by atoms with Crippen LogP contribution in [0.5, 0.6) is 11.5 Å². The number of hydrogen-bond donors (Lipinski definition) is 1. The van der Waals surface area contributed by atoms with Crippen LogP contribution in [0.2, 0.25) is 0 Å². The second-order valence-electron chi connectivity index (χ2n) is 4.13. The molecule has 0 saturated carbocycles. The van der Waals surface area contributed by atoms with Crippen LogP contribution < -0.4 is 14.8 Å². The van der Waals surface area contributed by atoms with Crippen molar-refractivity contribution in [2.45, 2.75) is 18.9 Å². The minimum absolute atomic E-state index is 0.305. The summed E-state index contributed by atoms with van der Waals surface area (Å²) >= 11 is 0. The van der Waals surface area contributed by atoms with Crippen molar-refractivity contribution < 1.29 is 9.47 Å². The number of unbranched alkanes of at least 4 members (excludes halogenated alkanes) is 1. The normalized spacial score (nSPS) is 17.4. The average molecular weight is 233 g/mol. The van der Waals surface area contributed by atoms with E-state index >= 15 is 0 Å². The van der Waals surface area contributed by atoms with Crippen LogP contribution in [-0.4, -0.2) is 20.3 Å². The first-order chi connectivity index (χ1) is 8.35. The van der Waals surface area contributed by atoms with Gasteiger partial charge in [-0.05, 0) is 32.0 Å². The minimum Gasteiger partial charge on any atom is -0.493 e.